The summed E-state index contributed by atoms with van der Waals surface area (Å²) in [6, 6.07) is 6.15. The summed E-state index contributed by atoms with van der Waals surface area (Å²) in [4.78, 5) is 18.5. The predicted octanol–water partition coefficient (Wildman–Crippen LogP) is 3.77. The lowest BCUT2D eigenvalue weighted by molar-refractivity contribution is 0.0995. The highest BCUT2D eigenvalue weighted by Crippen LogP contribution is 2.36. The maximum atomic E-state index is 13.7. The Bertz CT molecular complexity index is 1320. The van der Waals surface area contributed by atoms with Crippen molar-refractivity contribution >= 4 is 11.7 Å². The molecular weight excluding hydrogens is 413 g/mol. The third kappa shape index (κ3) is 3.23. The second kappa shape index (κ2) is 7.04. The van der Waals surface area contributed by atoms with Gasteiger partial charge in [-0.15, -0.1) is 10.2 Å². The van der Waals surface area contributed by atoms with Gasteiger partial charge in [-0.1, -0.05) is 6.07 Å². The van der Waals surface area contributed by atoms with Crippen LogP contribution >= 0.6 is 0 Å². The maximum Gasteiger partial charge on any atom is 0.314 e. The fourth-order valence-corrected chi connectivity index (χ4v) is 3.48. The summed E-state index contributed by atoms with van der Waals surface area (Å²) in [5.41, 5.74) is 2.47. The van der Waals surface area contributed by atoms with Gasteiger partial charge in [-0.05, 0) is 23.8 Å². The molecular formula is C20H13F3N6O2. The van der Waals surface area contributed by atoms with Crippen molar-refractivity contribution in [1.29, 1.82) is 0 Å². The van der Waals surface area contributed by atoms with Crippen molar-refractivity contribution in [2.75, 3.05) is 4.90 Å². The topological polar surface area (TPSA) is 89.9 Å². The zero-order chi connectivity index (χ0) is 21.7. The van der Waals surface area contributed by atoms with Crippen LogP contribution in [0.15, 0.2) is 47.3 Å². The summed E-state index contributed by atoms with van der Waals surface area (Å²) in [5.74, 6) is -1.38. The average molecular weight is 426 g/mol. The molecule has 0 aliphatic carbocycles. The first-order chi connectivity index (χ1) is 14.9. The van der Waals surface area contributed by atoms with Gasteiger partial charge < -0.3 is 4.42 Å². The van der Waals surface area contributed by atoms with Crippen molar-refractivity contribution in [3.8, 4) is 22.6 Å². The molecule has 1 aliphatic heterocycles. The molecule has 1 aromatic carbocycles. The number of anilines is 1. The third-order valence-electron chi connectivity index (χ3n) is 4.87. The molecule has 0 saturated carbocycles. The van der Waals surface area contributed by atoms with Crippen LogP contribution < -0.4 is 4.90 Å². The normalized spacial score (nSPS) is 13.3. The molecule has 0 radical (unpaired) electrons. The van der Waals surface area contributed by atoms with Crippen LogP contribution in [0.3, 0.4) is 0 Å². The number of halogens is 3. The fourth-order valence-electron chi connectivity index (χ4n) is 3.48. The molecule has 1 aliphatic rings. The summed E-state index contributed by atoms with van der Waals surface area (Å²) in [7, 11) is 1.70. The molecule has 0 N–H and O–H groups in total. The number of pyridine rings is 1. The van der Waals surface area contributed by atoms with E-state index in [0.717, 1.165) is 11.8 Å². The molecule has 11 heteroatoms. The Morgan fingerprint density at radius 3 is 2.68 bits per heavy atom. The second-order valence-corrected chi connectivity index (χ2v) is 6.94. The molecule has 4 heterocycles. The lowest BCUT2D eigenvalue weighted by Gasteiger charge is -2.14. The smallest absolute Gasteiger partial charge is 0.314 e. The van der Waals surface area contributed by atoms with E-state index in [-0.39, 0.29) is 18.3 Å². The van der Waals surface area contributed by atoms with Crippen LogP contribution in [0.1, 0.15) is 28.2 Å². The first-order valence-electron chi connectivity index (χ1n) is 9.12. The fraction of sp³-hybridized carbons (Fsp3) is 0.150. The Balaban J connectivity index is 1.51. The lowest BCUT2D eigenvalue weighted by Crippen LogP contribution is -2.24. The number of rotatable bonds is 4. The zero-order valence-electron chi connectivity index (χ0n) is 16.0. The number of aromatic nitrogens is 5. The lowest BCUT2D eigenvalue weighted by atomic mass is 10.1. The van der Waals surface area contributed by atoms with E-state index in [0.29, 0.717) is 28.1 Å². The predicted molar refractivity (Wildman–Crippen MR) is 102 cm³/mol. The highest BCUT2D eigenvalue weighted by atomic mass is 19.3. The molecule has 0 spiro atoms. The van der Waals surface area contributed by atoms with Gasteiger partial charge in [-0.3, -0.25) is 19.4 Å². The molecule has 4 aromatic rings. The van der Waals surface area contributed by atoms with Gasteiger partial charge in [0.1, 0.15) is 5.82 Å². The van der Waals surface area contributed by atoms with Crippen molar-refractivity contribution in [1.82, 2.24) is 25.0 Å². The van der Waals surface area contributed by atoms with E-state index in [1.807, 2.05) is 0 Å². The molecule has 31 heavy (non-hydrogen) atoms. The minimum absolute atomic E-state index is 0.103. The van der Waals surface area contributed by atoms with Crippen molar-refractivity contribution in [2.45, 2.75) is 13.0 Å². The van der Waals surface area contributed by atoms with Gasteiger partial charge in [0.2, 0.25) is 5.89 Å². The standard InChI is InChI=1S/C20H13F3N6O2/c1-28-9-15(12-4-13(21)7-24-6-12)17(27-28)29-8-11-3-2-10(5-14(11)20(29)30)18-25-26-19(31-18)16(22)23/h2-7,9,16H,8H2,1H3. The Kier molecular flexibility index (Phi) is 4.31. The van der Waals surface area contributed by atoms with Gasteiger partial charge >= 0.3 is 6.43 Å². The number of nitrogens with zero attached hydrogens (tertiary/aromatic N) is 6. The van der Waals surface area contributed by atoms with E-state index in [1.165, 1.54) is 27.9 Å². The Morgan fingerprint density at radius 2 is 1.94 bits per heavy atom. The van der Waals surface area contributed by atoms with Crippen LogP contribution in [0.4, 0.5) is 19.0 Å². The summed E-state index contributed by atoms with van der Waals surface area (Å²) in [5, 5.41) is 11.3. The molecule has 5 rings (SSSR count). The van der Waals surface area contributed by atoms with Gasteiger partial charge in [0.05, 0.1) is 12.7 Å². The first-order valence-corrected chi connectivity index (χ1v) is 9.12. The van der Waals surface area contributed by atoms with E-state index < -0.39 is 18.1 Å². The van der Waals surface area contributed by atoms with E-state index in [1.54, 1.807) is 25.4 Å². The monoisotopic (exact) mass is 426 g/mol. The third-order valence-corrected chi connectivity index (χ3v) is 4.87. The van der Waals surface area contributed by atoms with Crippen molar-refractivity contribution in [2.24, 2.45) is 7.05 Å². The largest absolute Gasteiger partial charge is 0.415 e. The molecule has 0 atom stereocenters. The van der Waals surface area contributed by atoms with Crippen LogP contribution in [-0.2, 0) is 13.6 Å². The number of fused-ring (bicyclic) bond motifs is 1. The number of amides is 1. The summed E-state index contributed by atoms with van der Waals surface area (Å²) < 4.78 is 45.6. The molecule has 1 amide bonds. The summed E-state index contributed by atoms with van der Waals surface area (Å²) in [6.45, 7) is 0.243. The van der Waals surface area contributed by atoms with Crippen LogP contribution in [0, 0.1) is 5.82 Å². The van der Waals surface area contributed by atoms with Crippen molar-refractivity contribution < 1.29 is 22.4 Å². The van der Waals surface area contributed by atoms with E-state index in [9.17, 15) is 18.0 Å². The van der Waals surface area contributed by atoms with Gasteiger partial charge in [0, 0.05) is 41.7 Å². The van der Waals surface area contributed by atoms with Crippen molar-refractivity contribution in [3.63, 3.8) is 0 Å². The molecule has 0 unspecified atom stereocenters. The molecule has 156 valence electrons. The van der Waals surface area contributed by atoms with E-state index in [4.69, 9.17) is 4.42 Å². The molecule has 0 saturated heterocycles. The summed E-state index contributed by atoms with van der Waals surface area (Å²) >= 11 is 0. The van der Waals surface area contributed by atoms with Crippen molar-refractivity contribution in [3.05, 3.63) is 65.7 Å². The SMILES string of the molecule is Cn1cc(-c2cncc(F)c2)c(N2Cc3ccc(-c4nnc(C(F)F)o4)cc3C2=O)n1. The molecule has 0 bridgehead atoms. The number of carbonyl (C=O) groups excluding carboxylic acids is 1. The quantitative estimate of drug-likeness (QED) is 0.494. The highest BCUT2D eigenvalue weighted by Gasteiger charge is 2.33. The van der Waals surface area contributed by atoms with Gasteiger partial charge in [-0.2, -0.15) is 13.9 Å². The van der Waals surface area contributed by atoms with E-state index in [2.05, 4.69) is 20.3 Å². The number of benzene rings is 1. The van der Waals surface area contributed by atoms with Crippen LogP contribution in [0.25, 0.3) is 22.6 Å². The molecule has 0 fully saturated rings. The Labute approximate surface area is 173 Å². The maximum absolute atomic E-state index is 13.7. The van der Waals surface area contributed by atoms with Crippen LogP contribution in [0.2, 0.25) is 0 Å². The number of aryl methyl sites for hydroxylation is 1. The number of hydrogen-bond acceptors (Lipinski definition) is 6. The minimum Gasteiger partial charge on any atom is -0.415 e. The number of hydrogen-bond donors (Lipinski definition) is 0. The average Bonchev–Trinajstić information content (AvgIpc) is 3.45. The Hall–Kier alpha value is -4.02. The Morgan fingerprint density at radius 1 is 1.10 bits per heavy atom. The van der Waals surface area contributed by atoms with Gasteiger partial charge in [-0.25, -0.2) is 4.39 Å². The van der Waals surface area contributed by atoms with Crippen LogP contribution in [-0.4, -0.2) is 30.9 Å². The zero-order valence-corrected chi connectivity index (χ0v) is 16.0. The minimum atomic E-state index is -2.88. The van der Waals surface area contributed by atoms with Gasteiger partial charge in [0.15, 0.2) is 5.82 Å². The van der Waals surface area contributed by atoms with Crippen LogP contribution in [0.5, 0.6) is 0 Å². The summed E-state index contributed by atoms with van der Waals surface area (Å²) in [6.07, 6.45) is 1.38. The number of carbonyl (C=O) groups is 1. The first kappa shape index (κ1) is 19.0. The highest BCUT2D eigenvalue weighted by molar-refractivity contribution is 6.11. The van der Waals surface area contributed by atoms with Gasteiger partial charge in [0.25, 0.3) is 11.8 Å². The van der Waals surface area contributed by atoms with E-state index >= 15 is 0 Å². The number of alkyl halides is 2. The second-order valence-electron chi connectivity index (χ2n) is 6.94. The molecule has 3 aromatic heterocycles. The molecule has 8 nitrogen and oxygen atoms in total.